The third kappa shape index (κ3) is 2.80. The highest BCUT2D eigenvalue weighted by Gasteiger charge is 2.38. The van der Waals surface area contributed by atoms with Crippen molar-refractivity contribution in [3.8, 4) is 0 Å². The van der Waals surface area contributed by atoms with Gasteiger partial charge in [0, 0.05) is 24.9 Å². The molecule has 21 heavy (non-hydrogen) atoms. The van der Waals surface area contributed by atoms with E-state index in [1.165, 1.54) is 4.31 Å². The summed E-state index contributed by atoms with van der Waals surface area (Å²) in [4.78, 5) is 11.5. The predicted molar refractivity (Wildman–Crippen MR) is 82.7 cm³/mol. The van der Waals surface area contributed by atoms with Gasteiger partial charge in [0.25, 0.3) is 0 Å². The minimum Gasteiger partial charge on any atom is -0.303 e. The van der Waals surface area contributed by atoms with Crippen LogP contribution in [0.5, 0.6) is 0 Å². The minimum atomic E-state index is -3.58. The van der Waals surface area contributed by atoms with Gasteiger partial charge in [0.05, 0.1) is 4.90 Å². The summed E-state index contributed by atoms with van der Waals surface area (Å²) in [6, 6.07) is 3.75. The van der Waals surface area contributed by atoms with Gasteiger partial charge in [-0.15, -0.1) is 6.58 Å². The summed E-state index contributed by atoms with van der Waals surface area (Å²) in [5.74, 6) is -0.410. The molecule has 1 aromatic carbocycles. The SMILES string of the molecule is C=C[C@@H]1CN(S(=O)(=O)c2c(C)cc(C)cc2C)C[C@H]1C=O. The van der Waals surface area contributed by atoms with Crippen molar-refractivity contribution in [2.45, 2.75) is 25.7 Å². The van der Waals surface area contributed by atoms with E-state index in [1.807, 2.05) is 32.9 Å². The Morgan fingerprint density at radius 2 is 1.67 bits per heavy atom. The molecule has 0 aromatic heterocycles. The van der Waals surface area contributed by atoms with Crippen molar-refractivity contribution >= 4 is 16.3 Å². The number of rotatable bonds is 4. The summed E-state index contributed by atoms with van der Waals surface area (Å²) in [6.07, 6.45) is 2.50. The highest BCUT2D eigenvalue weighted by atomic mass is 32.2. The van der Waals surface area contributed by atoms with Gasteiger partial charge in [-0.3, -0.25) is 0 Å². The van der Waals surface area contributed by atoms with Gasteiger partial charge in [0.15, 0.2) is 0 Å². The number of aryl methyl sites for hydroxylation is 3. The second kappa shape index (κ2) is 5.73. The molecule has 114 valence electrons. The van der Waals surface area contributed by atoms with E-state index in [9.17, 15) is 13.2 Å². The van der Waals surface area contributed by atoms with Crippen LogP contribution in [0.4, 0.5) is 0 Å². The third-order valence-corrected chi connectivity index (χ3v) is 6.20. The van der Waals surface area contributed by atoms with Gasteiger partial charge in [0.2, 0.25) is 10.0 Å². The Labute approximate surface area is 126 Å². The van der Waals surface area contributed by atoms with Crippen LogP contribution in [-0.2, 0) is 14.8 Å². The van der Waals surface area contributed by atoms with E-state index in [-0.39, 0.29) is 18.4 Å². The summed E-state index contributed by atoms with van der Waals surface area (Å²) in [7, 11) is -3.58. The first-order valence-electron chi connectivity index (χ1n) is 6.97. The average Bonchev–Trinajstić information content (AvgIpc) is 2.80. The van der Waals surface area contributed by atoms with E-state index < -0.39 is 10.0 Å². The van der Waals surface area contributed by atoms with Crippen LogP contribution in [0.3, 0.4) is 0 Å². The number of carbonyl (C=O) groups excluding carboxylic acids is 1. The van der Waals surface area contributed by atoms with E-state index in [1.54, 1.807) is 6.08 Å². The number of hydrogen-bond donors (Lipinski definition) is 0. The Morgan fingerprint density at radius 1 is 1.14 bits per heavy atom. The molecular weight excluding hydrogens is 286 g/mol. The standard InChI is InChI=1S/C16H21NO3S/c1-5-14-8-17(9-15(14)10-18)21(19,20)16-12(3)6-11(2)7-13(16)4/h5-7,10,14-15H,1,8-9H2,2-4H3/t14-,15+/m1/s1. The van der Waals surface area contributed by atoms with Gasteiger partial charge in [-0.2, -0.15) is 4.31 Å². The highest BCUT2D eigenvalue weighted by Crippen LogP contribution is 2.31. The first-order valence-corrected chi connectivity index (χ1v) is 8.41. The molecule has 0 saturated carbocycles. The van der Waals surface area contributed by atoms with Crippen molar-refractivity contribution in [2.24, 2.45) is 11.8 Å². The van der Waals surface area contributed by atoms with Crippen molar-refractivity contribution in [3.05, 3.63) is 41.5 Å². The molecule has 1 fully saturated rings. The zero-order chi connectivity index (χ0) is 15.8. The van der Waals surface area contributed by atoms with Crippen LogP contribution in [0, 0.1) is 32.6 Å². The number of hydrogen-bond acceptors (Lipinski definition) is 3. The largest absolute Gasteiger partial charge is 0.303 e. The summed E-state index contributed by atoms with van der Waals surface area (Å²) in [5, 5.41) is 0. The molecule has 0 unspecified atom stereocenters. The van der Waals surface area contributed by atoms with Crippen molar-refractivity contribution in [2.75, 3.05) is 13.1 Å². The summed E-state index contributed by atoms with van der Waals surface area (Å²) in [6.45, 7) is 9.82. The molecule has 0 bridgehead atoms. The van der Waals surface area contributed by atoms with Gasteiger partial charge < -0.3 is 4.79 Å². The third-order valence-electron chi connectivity index (χ3n) is 4.06. The molecule has 5 heteroatoms. The first-order chi connectivity index (χ1) is 9.81. The summed E-state index contributed by atoms with van der Waals surface area (Å²) >= 11 is 0. The lowest BCUT2D eigenvalue weighted by Gasteiger charge is -2.19. The number of benzene rings is 1. The molecule has 1 heterocycles. The maximum atomic E-state index is 12.9. The zero-order valence-corrected chi connectivity index (χ0v) is 13.5. The molecule has 4 nitrogen and oxygen atoms in total. The van der Waals surface area contributed by atoms with Crippen molar-refractivity contribution < 1.29 is 13.2 Å². The molecule has 2 rings (SSSR count). The second-order valence-corrected chi connectivity index (χ2v) is 7.62. The fourth-order valence-electron chi connectivity index (χ4n) is 3.11. The van der Waals surface area contributed by atoms with Gasteiger partial charge in [-0.1, -0.05) is 23.8 Å². The molecular formula is C16H21NO3S. The molecule has 0 spiro atoms. The van der Waals surface area contributed by atoms with Gasteiger partial charge in [0.1, 0.15) is 6.29 Å². The molecule has 1 aromatic rings. The molecule has 1 saturated heterocycles. The van der Waals surface area contributed by atoms with Crippen LogP contribution < -0.4 is 0 Å². The van der Waals surface area contributed by atoms with E-state index in [0.29, 0.717) is 11.4 Å². The van der Waals surface area contributed by atoms with E-state index in [0.717, 1.165) is 23.0 Å². The van der Waals surface area contributed by atoms with E-state index >= 15 is 0 Å². The zero-order valence-electron chi connectivity index (χ0n) is 12.7. The molecule has 0 aliphatic carbocycles. The lowest BCUT2D eigenvalue weighted by atomic mass is 9.98. The number of nitrogens with zero attached hydrogens (tertiary/aromatic N) is 1. The highest BCUT2D eigenvalue weighted by molar-refractivity contribution is 7.89. The monoisotopic (exact) mass is 307 g/mol. The quantitative estimate of drug-likeness (QED) is 0.633. The Kier molecular flexibility index (Phi) is 4.35. The normalized spacial score (nSPS) is 23.2. The average molecular weight is 307 g/mol. The topological polar surface area (TPSA) is 54.5 Å². The molecule has 0 radical (unpaired) electrons. The number of aldehydes is 1. The summed E-state index contributed by atoms with van der Waals surface area (Å²) in [5.41, 5.74) is 2.54. The van der Waals surface area contributed by atoms with Crippen molar-refractivity contribution in [1.82, 2.24) is 4.31 Å². The molecule has 1 aliphatic heterocycles. The fraction of sp³-hybridized carbons (Fsp3) is 0.438. The molecule has 2 atom stereocenters. The van der Waals surface area contributed by atoms with Crippen LogP contribution in [0.1, 0.15) is 16.7 Å². The maximum absolute atomic E-state index is 12.9. The lowest BCUT2D eigenvalue weighted by Crippen LogP contribution is -2.30. The molecule has 1 aliphatic rings. The van der Waals surface area contributed by atoms with Crippen LogP contribution >= 0.6 is 0 Å². The Hall–Kier alpha value is -1.46. The fourth-order valence-corrected chi connectivity index (χ4v) is 5.03. The predicted octanol–water partition coefficient (Wildman–Crippen LogP) is 2.23. The Bertz CT molecular complexity index is 640. The molecule has 0 N–H and O–H groups in total. The van der Waals surface area contributed by atoms with Crippen LogP contribution in [0.15, 0.2) is 29.7 Å². The first kappa shape index (κ1) is 15.9. The minimum absolute atomic E-state index is 0.108. The molecule has 0 amide bonds. The van der Waals surface area contributed by atoms with E-state index in [2.05, 4.69) is 6.58 Å². The number of carbonyl (C=O) groups is 1. The van der Waals surface area contributed by atoms with Crippen LogP contribution in [0.25, 0.3) is 0 Å². The van der Waals surface area contributed by atoms with E-state index in [4.69, 9.17) is 0 Å². The van der Waals surface area contributed by atoms with Crippen molar-refractivity contribution in [3.63, 3.8) is 0 Å². The van der Waals surface area contributed by atoms with Crippen molar-refractivity contribution in [1.29, 1.82) is 0 Å². The Morgan fingerprint density at radius 3 is 2.10 bits per heavy atom. The number of sulfonamides is 1. The van der Waals surface area contributed by atoms with Crippen LogP contribution in [0.2, 0.25) is 0 Å². The lowest BCUT2D eigenvalue weighted by molar-refractivity contribution is -0.111. The second-order valence-electron chi connectivity index (χ2n) is 5.75. The summed E-state index contributed by atoms with van der Waals surface area (Å²) < 4.78 is 27.2. The van der Waals surface area contributed by atoms with Gasteiger partial charge in [-0.25, -0.2) is 8.42 Å². The van der Waals surface area contributed by atoms with Gasteiger partial charge in [-0.05, 0) is 31.9 Å². The Balaban J connectivity index is 2.45. The smallest absolute Gasteiger partial charge is 0.243 e. The van der Waals surface area contributed by atoms with Crippen LogP contribution in [-0.4, -0.2) is 32.1 Å². The maximum Gasteiger partial charge on any atom is 0.243 e. The van der Waals surface area contributed by atoms with Gasteiger partial charge >= 0.3 is 0 Å².